The molecule has 0 fully saturated rings. The third kappa shape index (κ3) is 2.93. The number of nitrogens with zero attached hydrogens (tertiary/aromatic N) is 2. The van der Waals surface area contributed by atoms with Gasteiger partial charge >= 0.3 is 5.97 Å². The van der Waals surface area contributed by atoms with Crippen LogP contribution in [0.2, 0.25) is 0 Å². The average Bonchev–Trinajstić information content (AvgIpc) is 2.84. The third-order valence-electron chi connectivity index (χ3n) is 2.38. The number of esters is 1. The number of aromatic amines is 1. The van der Waals surface area contributed by atoms with Crippen LogP contribution in [0.15, 0.2) is 18.2 Å². The van der Waals surface area contributed by atoms with Gasteiger partial charge in [-0.05, 0) is 18.6 Å². The highest BCUT2D eigenvalue weighted by atomic mass is 19.2. The van der Waals surface area contributed by atoms with E-state index in [4.69, 9.17) is 4.74 Å². The molecule has 0 atom stereocenters. The van der Waals surface area contributed by atoms with E-state index in [1.165, 1.54) is 12.1 Å². The highest BCUT2D eigenvalue weighted by Crippen LogP contribution is 2.14. The van der Waals surface area contributed by atoms with Gasteiger partial charge in [-0.1, -0.05) is 12.1 Å². The van der Waals surface area contributed by atoms with Crippen LogP contribution in [0.4, 0.5) is 8.78 Å². The van der Waals surface area contributed by atoms with Gasteiger partial charge in [-0.3, -0.25) is 5.10 Å². The minimum absolute atomic E-state index is 0.00992. The summed E-state index contributed by atoms with van der Waals surface area (Å²) >= 11 is 0. The van der Waals surface area contributed by atoms with Gasteiger partial charge in [0.25, 0.3) is 5.82 Å². The zero-order valence-corrected chi connectivity index (χ0v) is 10.1. The number of H-pyrrole nitrogens is 1. The summed E-state index contributed by atoms with van der Waals surface area (Å²) in [5, 5.41) is 6.15. The maximum Gasteiger partial charge on any atom is 0.378 e. The van der Waals surface area contributed by atoms with Crippen LogP contribution in [0.1, 0.15) is 28.9 Å². The van der Waals surface area contributed by atoms with Crippen LogP contribution in [-0.4, -0.2) is 27.8 Å². The Kier molecular flexibility index (Phi) is 3.84. The Labute approximate surface area is 107 Å². The van der Waals surface area contributed by atoms with Gasteiger partial charge in [0.2, 0.25) is 0 Å². The van der Waals surface area contributed by atoms with Gasteiger partial charge in [0.05, 0.1) is 6.61 Å². The standard InChI is InChI=1S/C12H11F2N3O2/c1-2-19-12(18)11-15-9(16-17-11)6-7-4-3-5-8(13)10(7)14/h3-5H,2,6H2,1H3,(H,15,16,17). The number of hydrogen-bond donors (Lipinski definition) is 1. The lowest BCUT2D eigenvalue weighted by molar-refractivity contribution is 0.0512. The summed E-state index contributed by atoms with van der Waals surface area (Å²) in [4.78, 5) is 15.2. The van der Waals surface area contributed by atoms with Crippen LogP contribution in [0.5, 0.6) is 0 Å². The van der Waals surface area contributed by atoms with Gasteiger partial charge in [-0.2, -0.15) is 0 Å². The van der Waals surface area contributed by atoms with Gasteiger partial charge in [0.1, 0.15) is 5.82 Å². The minimum atomic E-state index is -0.934. The Balaban J connectivity index is 2.16. The van der Waals surface area contributed by atoms with Crippen LogP contribution < -0.4 is 0 Å². The summed E-state index contributed by atoms with van der Waals surface area (Å²) in [6, 6.07) is 3.87. The Bertz CT molecular complexity index is 598. The number of rotatable bonds is 4. The summed E-state index contributed by atoms with van der Waals surface area (Å²) in [6.45, 7) is 1.87. The van der Waals surface area contributed by atoms with Crippen LogP contribution in [-0.2, 0) is 11.2 Å². The average molecular weight is 267 g/mol. The largest absolute Gasteiger partial charge is 0.460 e. The molecular formula is C12H11F2N3O2. The van der Waals surface area contributed by atoms with E-state index in [0.717, 1.165) is 6.07 Å². The Hall–Kier alpha value is -2.31. The van der Waals surface area contributed by atoms with Crippen molar-refractivity contribution in [2.24, 2.45) is 0 Å². The molecule has 1 N–H and O–H groups in total. The molecule has 1 heterocycles. The number of ether oxygens (including phenoxy) is 1. The Morgan fingerprint density at radius 3 is 2.95 bits per heavy atom. The molecule has 0 unspecified atom stereocenters. The zero-order valence-electron chi connectivity index (χ0n) is 10.1. The summed E-state index contributed by atoms with van der Waals surface area (Å²) in [7, 11) is 0. The second-order valence-electron chi connectivity index (χ2n) is 3.72. The van der Waals surface area contributed by atoms with Gasteiger partial charge in [0.15, 0.2) is 11.6 Å². The van der Waals surface area contributed by atoms with E-state index in [-0.39, 0.29) is 30.2 Å². The Morgan fingerprint density at radius 2 is 2.21 bits per heavy atom. The zero-order chi connectivity index (χ0) is 13.8. The summed E-state index contributed by atoms with van der Waals surface area (Å²) < 4.78 is 31.2. The number of carbonyl (C=O) groups excluding carboxylic acids is 1. The number of aromatic nitrogens is 3. The van der Waals surface area contributed by atoms with Crippen molar-refractivity contribution in [3.05, 3.63) is 47.0 Å². The van der Waals surface area contributed by atoms with E-state index in [9.17, 15) is 13.6 Å². The molecule has 0 saturated heterocycles. The molecule has 0 radical (unpaired) electrons. The number of carbonyl (C=O) groups is 1. The summed E-state index contributed by atoms with van der Waals surface area (Å²) in [5.74, 6) is -2.40. The van der Waals surface area contributed by atoms with E-state index in [1.807, 2.05) is 0 Å². The smallest absolute Gasteiger partial charge is 0.378 e. The Morgan fingerprint density at radius 1 is 1.42 bits per heavy atom. The third-order valence-corrected chi connectivity index (χ3v) is 2.38. The van der Waals surface area contributed by atoms with Crippen molar-refractivity contribution in [1.29, 1.82) is 0 Å². The van der Waals surface area contributed by atoms with E-state index in [1.54, 1.807) is 6.92 Å². The molecule has 7 heteroatoms. The molecule has 19 heavy (non-hydrogen) atoms. The van der Waals surface area contributed by atoms with Gasteiger partial charge in [-0.25, -0.2) is 18.6 Å². The number of halogens is 2. The van der Waals surface area contributed by atoms with Crippen molar-refractivity contribution in [2.45, 2.75) is 13.3 Å². The number of hydrogen-bond acceptors (Lipinski definition) is 4. The molecule has 0 aliphatic rings. The normalized spacial score (nSPS) is 10.5. The summed E-state index contributed by atoms with van der Waals surface area (Å²) in [5.41, 5.74) is 0.131. The molecule has 2 aromatic rings. The molecule has 100 valence electrons. The van der Waals surface area contributed by atoms with Crippen LogP contribution in [0.3, 0.4) is 0 Å². The fourth-order valence-electron chi connectivity index (χ4n) is 1.53. The molecule has 0 amide bonds. The van der Waals surface area contributed by atoms with Gasteiger partial charge in [0, 0.05) is 6.42 Å². The second kappa shape index (κ2) is 5.55. The predicted octanol–water partition coefficient (Wildman–Crippen LogP) is 1.85. The second-order valence-corrected chi connectivity index (χ2v) is 3.72. The van der Waals surface area contributed by atoms with Gasteiger partial charge < -0.3 is 4.74 Å². The highest BCUT2D eigenvalue weighted by Gasteiger charge is 2.15. The number of benzene rings is 1. The molecule has 0 saturated carbocycles. The first-order valence-electron chi connectivity index (χ1n) is 5.63. The fraction of sp³-hybridized carbons (Fsp3) is 0.250. The van der Waals surface area contributed by atoms with E-state index < -0.39 is 17.6 Å². The molecule has 0 spiro atoms. The van der Waals surface area contributed by atoms with Crippen molar-refractivity contribution in [2.75, 3.05) is 6.61 Å². The highest BCUT2D eigenvalue weighted by molar-refractivity contribution is 5.84. The quantitative estimate of drug-likeness (QED) is 0.858. The van der Waals surface area contributed by atoms with Gasteiger partial charge in [-0.15, -0.1) is 5.10 Å². The van der Waals surface area contributed by atoms with Crippen molar-refractivity contribution >= 4 is 5.97 Å². The van der Waals surface area contributed by atoms with Crippen molar-refractivity contribution < 1.29 is 18.3 Å². The first kappa shape index (κ1) is 13.1. The fourth-order valence-corrected chi connectivity index (χ4v) is 1.53. The molecule has 2 rings (SSSR count). The lowest BCUT2D eigenvalue weighted by Gasteiger charge is -2.00. The molecule has 0 aliphatic heterocycles. The molecule has 5 nitrogen and oxygen atoms in total. The van der Waals surface area contributed by atoms with E-state index >= 15 is 0 Å². The number of nitrogens with one attached hydrogen (secondary N) is 1. The lowest BCUT2D eigenvalue weighted by atomic mass is 10.1. The SMILES string of the molecule is CCOC(=O)c1n[nH]c(Cc2cccc(F)c2F)n1. The molecule has 0 aliphatic carbocycles. The lowest BCUT2D eigenvalue weighted by Crippen LogP contribution is -2.06. The van der Waals surface area contributed by atoms with Crippen molar-refractivity contribution in [1.82, 2.24) is 15.2 Å². The maximum absolute atomic E-state index is 13.4. The predicted molar refractivity (Wildman–Crippen MR) is 61.5 cm³/mol. The molecular weight excluding hydrogens is 256 g/mol. The minimum Gasteiger partial charge on any atom is -0.460 e. The first-order chi connectivity index (χ1) is 9.11. The summed E-state index contributed by atoms with van der Waals surface area (Å²) in [6.07, 6.45) is 0.00992. The van der Waals surface area contributed by atoms with Crippen LogP contribution >= 0.6 is 0 Å². The van der Waals surface area contributed by atoms with Crippen LogP contribution in [0, 0.1) is 11.6 Å². The first-order valence-corrected chi connectivity index (χ1v) is 5.63. The monoisotopic (exact) mass is 267 g/mol. The van der Waals surface area contributed by atoms with Crippen molar-refractivity contribution in [3.63, 3.8) is 0 Å². The molecule has 1 aromatic heterocycles. The topological polar surface area (TPSA) is 67.9 Å². The van der Waals surface area contributed by atoms with E-state index in [0.29, 0.717) is 0 Å². The maximum atomic E-state index is 13.4. The molecule has 0 bridgehead atoms. The van der Waals surface area contributed by atoms with E-state index in [2.05, 4.69) is 15.2 Å². The molecule has 1 aromatic carbocycles. The van der Waals surface area contributed by atoms with Crippen LogP contribution in [0.25, 0.3) is 0 Å². The van der Waals surface area contributed by atoms with Crippen molar-refractivity contribution in [3.8, 4) is 0 Å².